The second kappa shape index (κ2) is 4.34. The topological polar surface area (TPSA) is 50.2 Å². The molecule has 0 aliphatic heterocycles. The van der Waals surface area contributed by atoms with Crippen LogP contribution in [0.25, 0.3) is 6.08 Å². The van der Waals surface area contributed by atoms with Crippen LogP contribution in [0.4, 0.5) is 13.2 Å². The number of halogens is 3. The van der Waals surface area contributed by atoms with E-state index >= 15 is 0 Å². The van der Waals surface area contributed by atoms with Crippen molar-refractivity contribution in [1.29, 1.82) is 0 Å². The predicted octanol–water partition coefficient (Wildman–Crippen LogP) is 2.59. The molecule has 0 unspecified atom stereocenters. The Morgan fingerprint density at radius 2 is 2.06 bits per heavy atom. The molecule has 0 amide bonds. The summed E-state index contributed by atoms with van der Waals surface area (Å²) in [6.07, 6.45) is -1.49. The maximum absolute atomic E-state index is 12.3. The van der Waals surface area contributed by atoms with Crippen molar-refractivity contribution in [3.63, 3.8) is 0 Å². The lowest BCUT2D eigenvalue weighted by molar-refractivity contribution is -0.137. The first-order chi connectivity index (χ1) is 7.30. The molecule has 0 aliphatic carbocycles. The average Bonchev–Trinajstić information content (AvgIpc) is 2.16. The Kier molecular flexibility index (Phi) is 3.31. The molecule has 0 spiro atoms. The highest BCUT2D eigenvalue weighted by Crippen LogP contribution is 2.29. The summed E-state index contributed by atoms with van der Waals surface area (Å²) < 4.78 is 36.9. The first-order valence-corrected chi connectivity index (χ1v) is 4.24. The van der Waals surface area contributed by atoms with Crippen LogP contribution in [0.1, 0.15) is 18.1 Å². The van der Waals surface area contributed by atoms with Gasteiger partial charge in [-0.2, -0.15) is 13.2 Å². The molecule has 0 aliphatic rings. The number of aliphatic carboxylic acids is 1. The van der Waals surface area contributed by atoms with Gasteiger partial charge in [0, 0.05) is 18.0 Å². The maximum atomic E-state index is 12.3. The molecular weight excluding hydrogens is 223 g/mol. The number of pyridine rings is 1. The molecule has 3 nitrogen and oxygen atoms in total. The van der Waals surface area contributed by atoms with Crippen LogP contribution in [0, 0.1) is 0 Å². The van der Waals surface area contributed by atoms with Gasteiger partial charge in [-0.15, -0.1) is 0 Å². The molecule has 1 N–H and O–H groups in total. The number of hydrogen-bond donors (Lipinski definition) is 1. The third kappa shape index (κ3) is 3.08. The second-order valence-corrected chi connectivity index (χ2v) is 3.14. The lowest BCUT2D eigenvalue weighted by Gasteiger charge is -2.06. The summed E-state index contributed by atoms with van der Waals surface area (Å²) in [7, 11) is 0. The van der Waals surface area contributed by atoms with Gasteiger partial charge < -0.3 is 5.11 Å². The quantitative estimate of drug-likeness (QED) is 0.796. The van der Waals surface area contributed by atoms with Gasteiger partial charge in [0.15, 0.2) is 0 Å². The van der Waals surface area contributed by atoms with E-state index in [1.807, 2.05) is 0 Å². The molecule has 1 heterocycles. The van der Waals surface area contributed by atoms with Crippen molar-refractivity contribution >= 4 is 12.0 Å². The smallest absolute Gasteiger partial charge is 0.417 e. The maximum Gasteiger partial charge on any atom is 0.417 e. The van der Waals surface area contributed by atoms with E-state index in [9.17, 15) is 18.0 Å². The minimum Gasteiger partial charge on any atom is -0.478 e. The summed E-state index contributed by atoms with van der Waals surface area (Å²) in [5, 5.41) is 8.56. The monoisotopic (exact) mass is 231 g/mol. The minimum absolute atomic E-state index is 0.0545. The van der Waals surface area contributed by atoms with Gasteiger partial charge in [-0.25, -0.2) is 4.79 Å². The van der Waals surface area contributed by atoms with E-state index in [1.165, 1.54) is 13.1 Å². The number of rotatable bonds is 2. The third-order valence-electron chi connectivity index (χ3n) is 1.81. The Labute approximate surface area is 89.2 Å². The Balaban J connectivity index is 3.09. The summed E-state index contributed by atoms with van der Waals surface area (Å²) in [6.45, 7) is 1.29. The molecule has 16 heavy (non-hydrogen) atoms. The average molecular weight is 231 g/mol. The number of alkyl halides is 3. The number of carboxylic acids is 1. The van der Waals surface area contributed by atoms with E-state index in [1.54, 1.807) is 0 Å². The zero-order valence-corrected chi connectivity index (χ0v) is 8.25. The third-order valence-corrected chi connectivity index (χ3v) is 1.81. The molecule has 0 atom stereocenters. The standard InChI is InChI=1S/C10H8F3NO2/c1-6(9(15)16)2-7-3-8(5-14-4-7)10(11,12)13/h2-5H,1H3,(H,15,16)/b6-2+. The fourth-order valence-electron chi connectivity index (χ4n) is 1.00. The molecule has 0 radical (unpaired) electrons. The van der Waals surface area contributed by atoms with Gasteiger partial charge in [0.05, 0.1) is 5.56 Å². The normalized spacial score (nSPS) is 12.6. The molecule has 1 aromatic rings. The highest BCUT2D eigenvalue weighted by Gasteiger charge is 2.30. The zero-order valence-electron chi connectivity index (χ0n) is 8.25. The zero-order chi connectivity index (χ0) is 12.3. The van der Waals surface area contributed by atoms with E-state index < -0.39 is 17.7 Å². The van der Waals surface area contributed by atoms with Crippen LogP contribution in [-0.4, -0.2) is 16.1 Å². The summed E-state index contributed by atoms with van der Waals surface area (Å²) >= 11 is 0. The number of nitrogens with zero attached hydrogens (tertiary/aromatic N) is 1. The Morgan fingerprint density at radius 3 is 2.56 bits per heavy atom. The first kappa shape index (κ1) is 12.2. The fraction of sp³-hybridized carbons (Fsp3) is 0.200. The first-order valence-electron chi connectivity index (χ1n) is 4.24. The van der Waals surface area contributed by atoms with Gasteiger partial charge in [0.2, 0.25) is 0 Å². The number of aromatic nitrogens is 1. The van der Waals surface area contributed by atoms with Crippen molar-refractivity contribution < 1.29 is 23.1 Å². The van der Waals surface area contributed by atoms with Crippen LogP contribution in [0.3, 0.4) is 0 Å². The van der Waals surface area contributed by atoms with Crippen LogP contribution in [0.2, 0.25) is 0 Å². The Hall–Kier alpha value is -1.85. The van der Waals surface area contributed by atoms with Crippen LogP contribution in [-0.2, 0) is 11.0 Å². The molecule has 0 bridgehead atoms. The van der Waals surface area contributed by atoms with Gasteiger partial charge in [-0.3, -0.25) is 4.98 Å². The fourth-order valence-corrected chi connectivity index (χ4v) is 1.00. The van der Waals surface area contributed by atoms with Gasteiger partial charge in [0.1, 0.15) is 0 Å². The molecule has 86 valence electrons. The van der Waals surface area contributed by atoms with E-state index in [0.29, 0.717) is 6.20 Å². The lowest BCUT2D eigenvalue weighted by Crippen LogP contribution is -2.05. The van der Waals surface area contributed by atoms with E-state index in [-0.39, 0.29) is 11.1 Å². The number of carboxylic acid groups (broad SMARTS) is 1. The van der Waals surface area contributed by atoms with Crippen LogP contribution < -0.4 is 0 Å². The summed E-state index contributed by atoms with van der Waals surface area (Å²) in [6, 6.07) is 0.847. The highest BCUT2D eigenvalue weighted by molar-refractivity contribution is 5.91. The summed E-state index contributed by atoms with van der Waals surface area (Å²) in [5.41, 5.74) is -0.852. The number of hydrogen-bond acceptors (Lipinski definition) is 2. The van der Waals surface area contributed by atoms with Crippen molar-refractivity contribution in [1.82, 2.24) is 4.98 Å². The SMILES string of the molecule is C/C(=C\c1cncc(C(F)(F)F)c1)C(=O)O. The summed E-state index contributed by atoms with van der Waals surface area (Å²) in [5.74, 6) is -1.18. The van der Waals surface area contributed by atoms with E-state index in [0.717, 1.165) is 12.1 Å². The molecule has 0 saturated heterocycles. The lowest BCUT2D eigenvalue weighted by atomic mass is 10.1. The van der Waals surface area contributed by atoms with Crippen molar-refractivity contribution in [3.8, 4) is 0 Å². The van der Waals surface area contributed by atoms with Crippen LogP contribution in [0.5, 0.6) is 0 Å². The molecule has 0 fully saturated rings. The van der Waals surface area contributed by atoms with Gasteiger partial charge in [-0.05, 0) is 24.6 Å². The second-order valence-electron chi connectivity index (χ2n) is 3.14. The highest BCUT2D eigenvalue weighted by atomic mass is 19.4. The molecule has 6 heteroatoms. The molecule has 0 saturated carbocycles. The van der Waals surface area contributed by atoms with E-state index in [2.05, 4.69) is 4.98 Å². The molecule has 1 aromatic heterocycles. The van der Waals surface area contributed by atoms with Crippen molar-refractivity contribution in [2.24, 2.45) is 0 Å². The van der Waals surface area contributed by atoms with Crippen LogP contribution >= 0.6 is 0 Å². The Bertz CT molecular complexity index is 438. The largest absolute Gasteiger partial charge is 0.478 e. The molecule has 1 rings (SSSR count). The summed E-state index contributed by atoms with van der Waals surface area (Å²) in [4.78, 5) is 13.9. The van der Waals surface area contributed by atoms with Crippen molar-refractivity contribution in [3.05, 3.63) is 35.2 Å². The van der Waals surface area contributed by atoms with Gasteiger partial charge >= 0.3 is 12.1 Å². The Morgan fingerprint density at radius 1 is 1.44 bits per heavy atom. The van der Waals surface area contributed by atoms with Gasteiger partial charge in [-0.1, -0.05) is 0 Å². The van der Waals surface area contributed by atoms with Gasteiger partial charge in [0.25, 0.3) is 0 Å². The van der Waals surface area contributed by atoms with Crippen molar-refractivity contribution in [2.75, 3.05) is 0 Å². The van der Waals surface area contributed by atoms with Crippen LogP contribution in [0.15, 0.2) is 24.0 Å². The van der Waals surface area contributed by atoms with Crippen molar-refractivity contribution in [2.45, 2.75) is 13.1 Å². The number of carbonyl (C=O) groups is 1. The minimum atomic E-state index is -4.48. The van der Waals surface area contributed by atoms with E-state index in [4.69, 9.17) is 5.11 Å². The predicted molar refractivity (Wildman–Crippen MR) is 50.5 cm³/mol. The molecule has 0 aromatic carbocycles. The molecular formula is C10H8F3NO2.